The number of phenolic OH excluding ortho intramolecular Hbond substituents is 1. The van der Waals surface area contributed by atoms with Crippen molar-refractivity contribution in [3.05, 3.63) is 54.1 Å². The molecule has 0 aliphatic carbocycles. The molecule has 0 saturated carbocycles. The van der Waals surface area contributed by atoms with Crippen molar-refractivity contribution in [2.75, 3.05) is 0 Å². The molecule has 2 aromatic carbocycles. The second kappa shape index (κ2) is 5.09. The molecule has 5 nitrogen and oxygen atoms in total. The Hall–Kier alpha value is -2.69. The van der Waals surface area contributed by atoms with Crippen LogP contribution < -0.4 is 5.73 Å². The van der Waals surface area contributed by atoms with E-state index in [9.17, 15) is 0 Å². The zero-order valence-electron chi connectivity index (χ0n) is 9.54. The van der Waals surface area contributed by atoms with Crippen LogP contribution >= 0.6 is 0 Å². The lowest BCUT2D eigenvalue weighted by atomic mass is 10.2. The Bertz CT molecular complexity index is 573. The number of amidine groups is 1. The van der Waals surface area contributed by atoms with Crippen LogP contribution in [0.1, 0.15) is 5.56 Å². The van der Waals surface area contributed by atoms with Gasteiger partial charge >= 0.3 is 0 Å². The first-order valence-electron chi connectivity index (χ1n) is 5.30. The van der Waals surface area contributed by atoms with Crippen LogP contribution in [0.5, 0.6) is 5.75 Å². The molecule has 5 heteroatoms. The molecule has 0 heterocycles. The monoisotopic (exact) mass is 240 g/mol. The van der Waals surface area contributed by atoms with E-state index in [2.05, 4.69) is 10.2 Å². The largest absolute Gasteiger partial charge is 0.508 e. The maximum Gasteiger partial charge on any atom is 0.122 e. The lowest BCUT2D eigenvalue weighted by Crippen LogP contribution is -2.10. The van der Waals surface area contributed by atoms with E-state index in [1.54, 1.807) is 48.5 Å². The van der Waals surface area contributed by atoms with E-state index in [-0.39, 0.29) is 11.6 Å². The third kappa shape index (κ3) is 2.91. The first kappa shape index (κ1) is 11.8. The number of hydrogen-bond donors (Lipinski definition) is 3. The molecular formula is C13H12N4O. The molecule has 0 aliphatic heterocycles. The highest BCUT2D eigenvalue weighted by molar-refractivity contribution is 5.95. The fourth-order valence-electron chi connectivity index (χ4n) is 1.34. The molecule has 0 spiro atoms. The Morgan fingerprint density at radius 3 is 1.78 bits per heavy atom. The number of nitrogens with two attached hydrogens (primary N) is 1. The SMILES string of the molecule is N=C(N)c1ccc(N=Nc2ccc(O)cc2)cc1. The number of nitrogen functional groups attached to an aromatic ring is 1. The third-order valence-electron chi connectivity index (χ3n) is 2.31. The fraction of sp³-hybridized carbons (Fsp3) is 0. The van der Waals surface area contributed by atoms with Gasteiger partial charge in [-0.3, -0.25) is 5.41 Å². The molecule has 18 heavy (non-hydrogen) atoms. The summed E-state index contributed by atoms with van der Waals surface area (Å²) < 4.78 is 0. The smallest absolute Gasteiger partial charge is 0.122 e. The van der Waals surface area contributed by atoms with Crippen LogP contribution in [0.4, 0.5) is 11.4 Å². The van der Waals surface area contributed by atoms with Crippen molar-refractivity contribution in [3.8, 4) is 5.75 Å². The lowest BCUT2D eigenvalue weighted by molar-refractivity contribution is 0.475. The van der Waals surface area contributed by atoms with Gasteiger partial charge < -0.3 is 10.8 Å². The molecule has 90 valence electrons. The van der Waals surface area contributed by atoms with Crippen LogP contribution in [0.2, 0.25) is 0 Å². The quantitative estimate of drug-likeness (QED) is 0.436. The summed E-state index contributed by atoms with van der Waals surface area (Å²) in [6.45, 7) is 0. The molecule has 0 aliphatic rings. The number of nitrogens with one attached hydrogen (secondary N) is 1. The number of phenols is 1. The summed E-state index contributed by atoms with van der Waals surface area (Å²) in [5.74, 6) is 0.219. The van der Waals surface area contributed by atoms with Gasteiger partial charge in [-0.15, -0.1) is 0 Å². The second-order valence-corrected chi connectivity index (χ2v) is 3.68. The Kier molecular flexibility index (Phi) is 3.33. The van der Waals surface area contributed by atoms with Crippen LogP contribution in [0.15, 0.2) is 58.8 Å². The summed E-state index contributed by atoms with van der Waals surface area (Å²) in [5, 5.41) is 24.4. The Morgan fingerprint density at radius 1 is 0.889 bits per heavy atom. The molecule has 4 N–H and O–H groups in total. The summed E-state index contributed by atoms with van der Waals surface area (Å²) in [6, 6.07) is 13.3. The minimum absolute atomic E-state index is 0.0250. The number of hydrogen-bond acceptors (Lipinski definition) is 4. The molecule has 0 fully saturated rings. The van der Waals surface area contributed by atoms with E-state index in [4.69, 9.17) is 16.2 Å². The predicted octanol–water partition coefficient (Wildman–Crippen LogP) is 3.09. The fourth-order valence-corrected chi connectivity index (χ4v) is 1.34. The lowest BCUT2D eigenvalue weighted by Gasteiger charge is -1.97. The van der Waals surface area contributed by atoms with Crippen molar-refractivity contribution in [1.29, 1.82) is 5.41 Å². The predicted molar refractivity (Wildman–Crippen MR) is 69.7 cm³/mol. The zero-order chi connectivity index (χ0) is 13.0. The van der Waals surface area contributed by atoms with Gasteiger partial charge in [0, 0.05) is 5.56 Å². The van der Waals surface area contributed by atoms with Gasteiger partial charge in [0.15, 0.2) is 0 Å². The van der Waals surface area contributed by atoms with E-state index < -0.39 is 0 Å². The summed E-state index contributed by atoms with van der Waals surface area (Å²) >= 11 is 0. The number of benzene rings is 2. The first-order chi connectivity index (χ1) is 8.65. The van der Waals surface area contributed by atoms with Gasteiger partial charge in [-0.25, -0.2) is 0 Å². The number of rotatable bonds is 3. The topological polar surface area (TPSA) is 94.8 Å². The highest BCUT2D eigenvalue weighted by atomic mass is 16.3. The Morgan fingerprint density at radius 2 is 1.33 bits per heavy atom. The first-order valence-corrected chi connectivity index (χ1v) is 5.30. The molecule has 0 bridgehead atoms. The summed E-state index contributed by atoms with van der Waals surface area (Å²) in [5.41, 5.74) is 7.33. The average molecular weight is 240 g/mol. The number of nitrogens with zero attached hydrogens (tertiary/aromatic N) is 2. The number of azo groups is 1. The van der Waals surface area contributed by atoms with Crippen molar-refractivity contribution in [2.24, 2.45) is 16.0 Å². The van der Waals surface area contributed by atoms with Gasteiger partial charge in [0.25, 0.3) is 0 Å². The molecule has 2 rings (SSSR count). The maximum atomic E-state index is 9.12. The van der Waals surface area contributed by atoms with Crippen LogP contribution in [0, 0.1) is 5.41 Å². The van der Waals surface area contributed by atoms with E-state index >= 15 is 0 Å². The highest BCUT2D eigenvalue weighted by Gasteiger charge is 1.96. The molecule has 0 unspecified atom stereocenters. The average Bonchev–Trinajstić information content (AvgIpc) is 2.38. The van der Waals surface area contributed by atoms with Crippen LogP contribution in [0.3, 0.4) is 0 Å². The number of aromatic hydroxyl groups is 1. The maximum absolute atomic E-state index is 9.12. The zero-order valence-corrected chi connectivity index (χ0v) is 9.54. The van der Waals surface area contributed by atoms with Crippen LogP contribution in [-0.2, 0) is 0 Å². The molecule has 2 aromatic rings. The van der Waals surface area contributed by atoms with Crippen molar-refractivity contribution < 1.29 is 5.11 Å². The molecular weight excluding hydrogens is 228 g/mol. The van der Waals surface area contributed by atoms with Gasteiger partial charge in [-0.2, -0.15) is 10.2 Å². The second-order valence-electron chi connectivity index (χ2n) is 3.68. The van der Waals surface area contributed by atoms with Crippen molar-refractivity contribution in [2.45, 2.75) is 0 Å². The van der Waals surface area contributed by atoms with Gasteiger partial charge in [-0.05, 0) is 48.5 Å². The molecule has 0 aromatic heterocycles. The van der Waals surface area contributed by atoms with E-state index in [1.165, 1.54) is 0 Å². The standard InChI is InChI=1S/C13H12N4O/c14-13(15)9-1-3-10(4-2-9)16-17-11-5-7-12(18)8-6-11/h1-8,18H,(H3,14,15). The van der Waals surface area contributed by atoms with Crippen molar-refractivity contribution >= 4 is 17.2 Å². The van der Waals surface area contributed by atoms with E-state index in [1.807, 2.05) is 0 Å². The Balaban J connectivity index is 2.13. The molecule has 0 saturated heterocycles. The summed E-state index contributed by atoms with van der Waals surface area (Å²) in [7, 11) is 0. The van der Waals surface area contributed by atoms with E-state index in [0.29, 0.717) is 16.9 Å². The summed E-state index contributed by atoms with van der Waals surface area (Å²) in [6.07, 6.45) is 0. The minimum atomic E-state index is 0.0250. The minimum Gasteiger partial charge on any atom is -0.508 e. The third-order valence-corrected chi connectivity index (χ3v) is 2.31. The van der Waals surface area contributed by atoms with Crippen molar-refractivity contribution in [3.63, 3.8) is 0 Å². The van der Waals surface area contributed by atoms with Gasteiger partial charge in [0.2, 0.25) is 0 Å². The van der Waals surface area contributed by atoms with Gasteiger partial charge in [0.1, 0.15) is 11.6 Å². The molecule has 0 atom stereocenters. The summed E-state index contributed by atoms with van der Waals surface area (Å²) in [4.78, 5) is 0. The Labute approximate surface area is 104 Å². The van der Waals surface area contributed by atoms with Crippen molar-refractivity contribution in [1.82, 2.24) is 0 Å². The molecule has 0 radical (unpaired) electrons. The normalized spacial score (nSPS) is 10.7. The highest BCUT2D eigenvalue weighted by Crippen LogP contribution is 2.20. The van der Waals surface area contributed by atoms with Gasteiger partial charge in [-0.1, -0.05) is 0 Å². The molecule has 0 amide bonds. The van der Waals surface area contributed by atoms with Crippen LogP contribution in [-0.4, -0.2) is 10.9 Å². The van der Waals surface area contributed by atoms with Gasteiger partial charge in [0.05, 0.1) is 11.4 Å². The van der Waals surface area contributed by atoms with E-state index in [0.717, 1.165) is 0 Å². The van der Waals surface area contributed by atoms with Crippen LogP contribution in [0.25, 0.3) is 0 Å².